The van der Waals surface area contributed by atoms with Gasteiger partial charge in [0.25, 0.3) is 0 Å². The van der Waals surface area contributed by atoms with Crippen molar-refractivity contribution in [2.45, 2.75) is 59.3 Å². The summed E-state index contributed by atoms with van der Waals surface area (Å²) in [6.45, 7) is 9.17. The van der Waals surface area contributed by atoms with E-state index < -0.39 is 0 Å². The molecule has 1 aliphatic rings. The number of hydrogen-bond donors (Lipinski definition) is 0. The average Bonchev–Trinajstić information content (AvgIpc) is 2.19. The Morgan fingerprint density at radius 1 is 0.875 bits per heavy atom. The van der Waals surface area contributed by atoms with Gasteiger partial charge in [-0.1, -0.05) is 37.5 Å². The van der Waals surface area contributed by atoms with Gasteiger partial charge in [0.1, 0.15) is 0 Å². The SMILES string of the molecule is Cc1cc(C)c(C2CCC(C)CC2)c(C)c1. The highest BCUT2D eigenvalue weighted by molar-refractivity contribution is 5.40. The van der Waals surface area contributed by atoms with E-state index >= 15 is 0 Å². The predicted molar refractivity (Wildman–Crippen MR) is 71.0 cm³/mol. The Bertz CT molecular complexity index is 345. The Morgan fingerprint density at radius 2 is 1.38 bits per heavy atom. The Kier molecular flexibility index (Phi) is 3.37. The van der Waals surface area contributed by atoms with E-state index in [1.54, 1.807) is 5.56 Å². The zero-order valence-corrected chi connectivity index (χ0v) is 11.1. The lowest BCUT2D eigenvalue weighted by Crippen LogP contribution is -2.13. The van der Waals surface area contributed by atoms with Gasteiger partial charge in [-0.15, -0.1) is 0 Å². The predicted octanol–water partition coefficient (Wildman–Crippen LogP) is 4.91. The molecule has 0 aliphatic heterocycles. The Morgan fingerprint density at radius 3 is 1.88 bits per heavy atom. The van der Waals surface area contributed by atoms with Crippen LogP contribution in [0.25, 0.3) is 0 Å². The van der Waals surface area contributed by atoms with Crippen molar-refractivity contribution in [3.05, 3.63) is 34.4 Å². The standard InChI is InChI=1S/C16H24/c1-11-5-7-15(8-6-11)16-13(3)9-12(2)10-14(16)4/h9-11,15H,5-8H2,1-4H3. The van der Waals surface area contributed by atoms with Gasteiger partial charge in [-0.25, -0.2) is 0 Å². The fourth-order valence-corrected chi connectivity index (χ4v) is 3.38. The molecule has 1 saturated carbocycles. The van der Waals surface area contributed by atoms with Crippen LogP contribution in [0.3, 0.4) is 0 Å². The summed E-state index contributed by atoms with van der Waals surface area (Å²) >= 11 is 0. The molecule has 0 radical (unpaired) electrons. The third kappa shape index (κ3) is 2.31. The molecule has 0 unspecified atom stereocenters. The number of hydrogen-bond acceptors (Lipinski definition) is 0. The highest BCUT2D eigenvalue weighted by Crippen LogP contribution is 2.38. The largest absolute Gasteiger partial charge is 0.0625 e. The maximum atomic E-state index is 2.39. The van der Waals surface area contributed by atoms with Crippen LogP contribution in [0.2, 0.25) is 0 Å². The zero-order chi connectivity index (χ0) is 11.7. The van der Waals surface area contributed by atoms with Crippen LogP contribution in [0, 0.1) is 26.7 Å². The van der Waals surface area contributed by atoms with Gasteiger partial charge in [0.05, 0.1) is 0 Å². The van der Waals surface area contributed by atoms with Crippen LogP contribution in [0.5, 0.6) is 0 Å². The number of rotatable bonds is 1. The molecule has 1 aromatic rings. The van der Waals surface area contributed by atoms with Crippen LogP contribution in [-0.2, 0) is 0 Å². The van der Waals surface area contributed by atoms with Crippen molar-refractivity contribution in [1.82, 2.24) is 0 Å². The lowest BCUT2D eigenvalue weighted by molar-refractivity contribution is 0.346. The molecular formula is C16H24. The highest BCUT2D eigenvalue weighted by atomic mass is 14.3. The van der Waals surface area contributed by atoms with E-state index in [4.69, 9.17) is 0 Å². The van der Waals surface area contributed by atoms with Gasteiger partial charge < -0.3 is 0 Å². The van der Waals surface area contributed by atoms with Crippen molar-refractivity contribution in [3.8, 4) is 0 Å². The molecule has 16 heavy (non-hydrogen) atoms. The Labute approximate surface area is 100 Å². The molecule has 0 amide bonds. The van der Waals surface area contributed by atoms with E-state index in [-0.39, 0.29) is 0 Å². The number of benzene rings is 1. The summed E-state index contributed by atoms with van der Waals surface area (Å²) in [5, 5.41) is 0. The first kappa shape index (κ1) is 11.7. The molecule has 1 aromatic carbocycles. The molecule has 88 valence electrons. The molecule has 0 heteroatoms. The first-order valence-corrected chi connectivity index (χ1v) is 6.65. The molecule has 0 saturated heterocycles. The lowest BCUT2D eigenvalue weighted by atomic mass is 9.76. The fraction of sp³-hybridized carbons (Fsp3) is 0.625. The summed E-state index contributed by atoms with van der Waals surface area (Å²) in [4.78, 5) is 0. The Balaban J connectivity index is 2.26. The average molecular weight is 216 g/mol. The van der Waals surface area contributed by atoms with Gasteiger partial charge >= 0.3 is 0 Å². The summed E-state index contributed by atoms with van der Waals surface area (Å²) in [5.41, 5.74) is 6.08. The van der Waals surface area contributed by atoms with E-state index in [9.17, 15) is 0 Å². The molecule has 0 heterocycles. The molecular weight excluding hydrogens is 192 g/mol. The molecule has 0 aromatic heterocycles. The van der Waals surface area contributed by atoms with Crippen LogP contribution in [0.1, 0.15) is 60.8 Å². The maximum Gasteiger partial charge on any atom is -0.0157 e. The van der Waals surface area contributed by atoms with Gasteiger partial charge in [-0.3, -0.25) is 0 Å². The van der Waals surface area contributed by atoms with Crippen molar-refractivity contribution in [3.63, 3.8) is 0 Å². The van der Waals surface area contributed by atoms with E-state index in [1.807, 2.05) is 0 Å². The fourth-order valence-electron chi connectivity index (χ4n) is 3.38. The van der Waals surface area contributed by atoms with Gasteiger partial charge in [0, 0.05) is 0 Å². The third-order valence-corrected chi connectivity index (χ3v) is 4.16. The van der Waals surface area contributed by atoms with Crippen LogP contribution in [0.15, 0.2) is 12.1 Å². The first-order valence-electron chi connectivity index (χ1n) is 6.65. The molecule has 0 bridgehead atoms. The van der Waals surface area contributed by atoms with Crippen LogP contribution >= 0.6 is 0 Å². The van der Waals surface area contributed by atoms with Crippen molar-refractivity contribution in [1.29, 1.82) is 0 Å². The van der Waals surface area contributed by atoms with Crippen molar-refractivity contribution in [2.75, 3.05) is 0 Å². The second kappa shape index (κ2) is 4.61. The van der Waals surface area contributed by atoms with Crippen LogP contribution in [0.4, 0.5) is 0 Å². The summed E-state index contributed by atoms with van der Waals surface area (Å²) in [7, 11) is 0. The van der Waals surface area contributed by atoms with Crippen LogP contribution in [-0.4, -0.2) is 0 Å². The van der Waals surface area contributed by atoms with Gasteiger partial charge in [0.15, 0.2) is 0 Å². The van der Waals surface area contributed by atoms with E-state index in [1.165, 1.54) is 42.4 Å². The zero-order valence-electron chi connectivity index (χ0n) is 11.1. The first-order chi connectivity index (χ1) is 7.58. The molecule has 2 rings (SSSR count). The highest BCUT2D eigenvalue weighted by Gasteiger charge is 2.22. The van der Waals surface area contributed by atoms with Crippen molar-refractivity contribution < 1.29 is 0 Å². The van der Waals surface area contributed by atoms with Crippen molar-refractivity contribution in [2.24, 2.45) is 5.92 Å². The molecule has 1 fully saturated rings. The molecule has 0 spiro atoms. The summed E-state index contributed by atoms with van der Waals surface area (Å²) < 4.78 is 0. The Hall–Kier alpha value is -0.780. The van der Waals surface area contributed by atoms with Crippen LogP contribution < -0.4 is 0 Å². The van der Waals surface area contributed by atoms with Gasteiger partial charge in [0.2, 0.25) is 0 Å². The lowest BCUT2D eigenvalue weighted by Gasteiger charge is -2.29. The van der Waals surface area contributed by atoms with Crippen molar-refractivity contribution >= 4 is 0 Å². The van der Waals surface area contributed by atoms with E-state index in [2.05, 4.69) is 39.8 Å². The summed E-state index contributed by atoms with van der Waals surface area (Å²) in [6, 6.07) is 4.70. The van der Waals surface area contributed by atoms with E-state index in [0.29, 0.717) is 0 Å². The minimum absolute atomic E-state index is 0.830. The summed E-state index contributed by atoms with van der Waals surface area (Å²) in [5.74, 6) is 1.78. The normalized spacial score (nSPS) is 25.8. The monoisotopic (exact) mass is 216 g/mol. The number of aryl methyl sites for hydroxylation is 3. The quantitative estimate of drug-likeness (QED) is 0.626. The second-order valence-corrected chi connectivity index (χ2v) is 5.77. The third-order valence-electron chi connectivity index (χ3n) is 4.16. The smallest absolute Gasteiger partial charge is 0.0157 e. The second-order valence-electron chi connectivity index (χ2n) is 5.77. The molecule has 0 N–H and O–H groups in total. The van der Waals surface area contributed by atoms with Gasteiger partial charge in [-0.2, -0.15) is 0 Å². The molecule has 0 atom stereocenters. The maximum absolute atomic E-state index is 2.39. The van der Waals surface area contributed by atoms with E-state index in [0.717, 1.165) is 11.8 Å². The molecule has 1 aliphatic carbocycles. The minimum Gasteiger partial charge on any atom is -0.0625 e. The molecule has 0 nitrogen and oxygen atoms in total. The van der Waals surface area contributed by atoms with Gasteiger partial charge in [-0.05, 0) is 62.1 Å². The summed E-state index contributed by atoms with van der Waals surface area (Å²) in [6.07, 6.45) is 5.62. The topological polar surface area (TPSA) is 0 Å². The minimum atomic E-state index is 0.830.